The molecule has 29 heavy (non-hydrogen) atoms. The predicted molar refractivity (Wildman–Crippen MR) is 114 cm³/mol. The average molecular weight is 453 g/mol. The molecule has 6 nitrogen and oxygen atoms in total. The molecule has 0 amide bonds. The van der Waals surface area contributed by atoms with Crippen LogP contribution in [0, 0.1) is 0 Å². The van der Waals surface area contributed by atoms with Crippen molar-refractivity contribution in [2.75, 3.05) is 0 Å². The maximum absolute atomic E-state index is 9.10. The number of benzene rings is 2. The summed E-state index contributed by atoms with van der Waals surface area (Å²) in [7, 11) is 0. The number of aryl methyl sites for hydroxylation is 1. The Balaban J connectivity index is 0.000000438. The lowest BCUT2D eigenvalue weighted by Crippen LogP contribution is -2.09. The highest BCUT2D eigenvalue weighted by molar-refractivity contribution is 7.99. The van der Waals surface area contributed by atoms with Gasteiger partial charge in [-0.25, -0.2) is 14.6 Å². The Labute approximate surface area is 182 Å². The number of imidazole rings is 1. The summed E-state index contributed by atoms with van der Waals surface area (Å²) in [4.78, 5) is 23.5. The number of rotatable bonds is 6. The van der Waals surface area contributed by atoms with Gasteiger partial charge in [0.2, 0.25) is 0 Å². The molecule has 0 aliphatic heterocycles. The molecule has 0 aliphatic rings. The first kappa shape index (κ1) is 22.8. The smallest absolute Gasteiger partial charge is 0.414 e. The second kappa shape index (κ2) is 11.5. The molecule has 0 aliphatic carbocycles. The van der Waals surface area contributed by atoms with E-state index in [1.54, 1.807) is 0 Å². The summed E-state index contributed by atoms with van der Waals surface area (Å²) in [5, 5.41) is 16.6. The summed E-state index contributed by atoms with van der Waals surface area (Å²) in [6.45, 7) is 0.924. The van der Waals surface area contributed by atoms with Crippen molar-refractivity contribution >= 4 is 46.9 Å². The molecule has 2 N–H and O–H groups in total. The van der Waals surface area contributed by atoms with Gasteiger partial charge >= 0.3 is 11.9 Å². The highest BCUT2D eigenvalue weighted by Gasteiger charge is 2.14. The molecule has 0 radical (unpaired) electrons. The number of carbonyl (C=O) groups is 2. The average Bonchev–Trinajstić information content (AvgIpc) is 3.21. The standard InChI is InChI=1S/C18H16Cl2N2S.C2H2O4/c19-15-3-1-14(2-4-15)18(9-11-22-12-10-21-13-22)23-17-7-5-16(20)6-8-17;3-1(4)2(5)6/h1-8,10,12-13,18H,9,11H2;(H,3,4)(H,5,6). The summed E-state index contributed by atoms with van der Waals surface area (Å²) in [5.74, 6) is -3.65. The summed E-state index contributed by atoms with van der Waals surface area (Å²) in [6, 6.07) is 16.1. The van der Waals surface area contributed by atoms with E-state index in [9.17, 15) is 0 Å². The molecular weight excluding hydrogens is 435 g/mol. The molecule has 1 atom stereocenters. The molecule has 0 saturated heterocycles. The van der Waals surface area contributed by atoms with Crippen LogP contribution >= 0.6 is 35.0 Å². The maximum Gasteiger partial charge on any atom is 0.414 e. The largest absolute Gasteiger partial charge is 0.473 e. The van der Waals surface area contributed by atoms with E-state index in [1.807, 2.05) is 54.7 Å². The molecule has 3 aromatic rings. The first-order valence-electron chi connectivity index (χ1n) is 8.45. The minimum absolute atomic E-state index is 0.343. The molecule has 1 heterocycles. The normalized spacial score (nSPS) is 11.2. The molecule has 0 saturated carbocycles. The Kier molecular flexibility index (Phi) is 9.05. The van der Waals surface area contributed by atoms with Crippen molar-refractivity contribution in [3.8, 4) is 0 Å². The van der Waals surface area contributed by atoms with E-state index < -0.39 is 11.9 Å². The zero-order valence-corrected chi connectivity index (χ0v) is 17.4. The second-order valence-electron chi connectivity index (χ2n) is 5.81. The molecule has 0 fully saturated rings. The van der Waals surface area contributed by atoms with Gasteiger partial charge in [0.25, 0.3) is 0 Å². The first-order chi connectivity index (χ1) is 13.8. The van der Waals surface area contributed by atoms with Crippen LogP contribution in [0.5, 0.6) is 0 Å². The molecule has 0 bridgehead atoms. The number of hydrogen-bond acceptors (Lipinski definition) is 4. The molecule has 9 heteroatoms. The van der Waals surface area contributed by atoms with Crippen LogP contribution in [-0.2, 0) is 16.1 Å². The zero-order chi connectivity index (χ0) is 21.2. The number of nitrogens with zero attached hydrogens (tertiary/aromatic N) is 2. The number of carboxylic acids is 2. The van der Waals surface area contributed by atoms with Gasteiger partial charge in [0.15, 0.2) is 0 Å². The van der Waals surface area contributed by atoms with Gasteiger partial charge in [-0.15, -0.1) is 11.8 Å². The Morgan fingerprint density at radius 2 is 1.52 bits per heavy atom. The van der Waals surface area contributed by atoms with Crippen LogP contribution in [-0.4, -0.2) is 31.7 Å². The van der Waals surface area contributed by atoms with Crippen molar-refractivity contribution in [1.82, 2.24) is 9.55 Å². The van der Waals surface area contributed by atoms with E-state index in [0.29, 0.717) is 5.25 Å². The number of thioether (sulfide) groups is 1. The van der Waals surface area contributed by atoms with Gasteiger partial charge in [-0.1, -0.05) is 35.3 Å². The van der Waals surface area contributed by atoms with Crippen molar-refractivity contribution in [2.45, 2.75) is 23.1 Å². The highest BCUT2D eigenvalue weighted by atomic mass is 35.5. The van der Waals surface area contributed by atoms with E-state index in [-0.39, 0.29) is 0 Å². The van der Waals surface area contributed by atoms with Crippen LogP contribution in [0.25, 0.3) is 0 Å². The van der Waals surface area contributed by atoms with E-state index >= 15 is 0 Å². The lowest BCUT2D eigenvalue weighted by Gasteiger charge is -2.18. The van der Waals surface area contributed by atoms with Gasteiger partial charge in [-0.3, -0.25) is 0 Å². The number of hydrogen-bond donors (Lipinski definition) is 2. The zero-order valence-electron chi connectivity index (χ0n) is 15.1. The van der Waals surface area contributed by atoms with Crippen LogP contribution in [0.2, 0.25) is 10.0 Å². The first-order valence-corrected chi connectivity index (χ1v) is 10.1. The van der Waals surface area contributed by atoms with Crippen molar-refractivity contribution in [1.29, 1.82) is 0 Å². The fourth-order valence-electron chi connectivity index (χ4n) is 2.33. The topological polar surface area (TPSA) is 92.4 Å². The lowest BCUT2D eigenvalue weighted by molar-refractivity contribution is -0.159. The summed E-state index contributed by atoms with van der Waals surface area (Å²) in [6.07, 6.45) is 6.66. The van der Waals surface area contributed by atoms with Crippen LogP contribution in [0.1, 0.15) is 17.2 Å². The van der Waals surface area contributed by atoms with Gasteiger partial charge in [0.05, 0.1) is 6.33 Å². The van der Waals surface area contributed by atoms with Crippen molar-refractivity contribution in [2.24, 2.45) is 0 Å². The van der Waals surface area contributed by atoms with Gasteiger partial charge in [0, 0.05) is 39.1 Å². The second-order valence-corrected chi connectivity index (χ2v) is 7.96. The minimum atomic E-state index is -1.82. The van der Waals surface area contributed by atoms with E-state index in [4.69, 9.17) is 43.0 Å². The van der Waals surface area contributed by atoms with E-state index in [0.717, 1.165) is 23.0 Å². The fraction of sp³-hybridized carbons (Fsp3) is 0.150. The van der Waals surface area contributed by atoms with Crippen LogP contribution < -0.4 is 0 Å². The molecular formula is C20H18Cl2N2O4S. The molecule has 2 aromatic carbocycles. The van der Waals surface area contributed by atoms with Gasteiger partial charge < -0.3 is 14.8 Å². The molecule has 3 rings (SSSR count). The van der Waals surface area contributed by atoms with Gasteiger partial charge in [-0.05, 0) is 48.4 Å². The van der Waals surface area contributed by atoms with E-state index in [2.05, 4.69) is 33.8 Å². The third kappa shape index (κ3) is 8.19. The van der Waals surface area contributed by atoms with Crippen molar-refractivity contribution in [3.63, 3.8) is 0 Å². The number of halogens is 2. The summed E-state index contributed by atoms with van der Waals surface area (Å²) < 4.78 is 2.10. The van der Waals surface area contributed by atoms with Crippen LogP contribution in [0.3, 0.4) is 0 Å². The molecule has 1 unspecified atom stereocenters. The molecule has 152 valence electrons. The number of aliphatic carboxylic acids is 2. The van der Waals surface area contributed by atoms with Gasteiger partial charge in [0.1, 0.15) is 0 Å². The number of carboxylic acid groups (broad SMARTS) is 2. The fourth-order valence-corrected chi connectivity index (χ4v) is 3.72. The van der Waals surface area contributed by atoms with Crippen LogP contribution in [0.4, 0.5) is 0 Å². The SMILES string of the molecule is Clc1ccc(SC(CCn2ccnc2)c2ccc(Cl)cc2)cc1.O=C(O)C(=O)O. The maximum atomic E-state index is 9.10. The molecule has 1 aromatic heterocycles. The quantitative estimate of drug-likeness (QED) is 0.390. The summed E-state index contributed by atoms with van der Waals surface area (Å²) in [5.41, 5.74) is 1.27. The predicted octanol–water partition coefficient (Wildman–Crippen LogP) is 5.27. The number of aromatic nitrogens is 2. The Bertz CT molecular complexity index is 905. The monoisotopic (exact) mass is 452 g/mol. The highest BCUT2D eigenvalue weighted by Crippen LogP contribution is 2.38. The van der Waals surface area contributed by atoms with Crippen LogP contribution in [0.15, 0.2) is 72.1 Å². The Morgan fingerprint density at radius 1 is 0.966 bits per heavy atom. The molecule has 0 spiro atoms. The third-order valence-electron chi connectivity index (χ3n) is 3.73. The van der Waals surface area contributed by atoms with Crippen molar-refractivity contribution < 1.29 is 19.8 Å². The van der Waals surface area contributed by atoms with Crippen molar-refractivity contribution in [3.05, 3.63) is 82.9 Å². The minimum Gasteiger partial charge on any atom is -0.473 e. The Hall–Kier alpha value is -2.48. The third-order valence-corrected chi connectivity index (χ3v) is 5.57. The van der Waals surface area contributed by atoms with Gasteiger partial charge in [-0.2, -0.15) is 0 Å². The Morgan fingerprint density at radius 3 is 2.00 bits per heavy atom. The van der Waals surface area contributed by atoms with E-state index in [1.165, 1.54) is 10.5 Å². The lowest BCUT2D eigenvalue weighted by atomic mass is 10.1. The summed E-state index contributed by atoms with van der Waals surface area (Å²) >= 11 is 13.8.